The average molecular weight is 777 g/mol. The van der Waals surface area contributed by atoms with Gasteiger partial charge in [0, 0.05) is 48.1 Å². The summed E-state index contributed by atoms with van der Waals surface area (Å²) in [6, 6.07) is 13.2. The van der Waals surface area contributed by atoms with Gasteiger partial charge in [0.25, 0.3) is 11.8 Å². The molecule has 1 saturated carbocycles. The molecule has 2 bridgehead atoms. The van der Waals surface area contributed by atoms with Crippen LogP contribution in [-0.4, -0.2) is 77.1 Å². The number of hydrogen-bond acceptors (Lipinski definition) is 8. The van der Waals surface area contributed by atoms with Crippen molar-refractivity contribution in [3.63, 3.8) is 0 Å². The van der Waals surface area contributed by atoms with Crippen molar-refractivity contribution in [1.29, 1.82) is 0 Å². The summed E-state index contributed by atoms with van der Waals surface area (Å²) in [4.78, 5) is 30.1. The Kier molecular flexibility index (Phi) is 10.4. The third-order valence-corrected chi connectivity index (χ3v) is 14.2. The number of amides is 2. The van der Waals surface area contributed by atoms with E-state index in [9.17, 15) is 18.9 Å². The highest BCUT2D eigenvalue weighted by molar-refractivity contribution is 7.92. The Labute approximate surface area is 322 Å². The Morgan fingerprint density at radius 2 is 2.06 bits per heavy atom. The van der Waals surface area contributed by atoms with Gasteiger partial charge in [-0.1, -0.05) is 36.7 Å². The van der Waals surface area contributed by atoms with E-state index in [1.165, 1.54) is 11.1 Å². The van der Waals surface area contributed by atoms with Gasteiger partial charge in [-0.05, 0) is 104 Å². The summed E-state index contributed by atoms with van der Waals surface area (Å²) in [5.74, 6) is -0.494. The van der Waals surface area contributed by atoms with Crippen molar-refractivity contribution in [2.45, 2.75) is 76.2 Å². The molecular formula is C41H49ClN4O7S. The van der Waals surface area contributed by atoms with E-state index in [4.69, 9.17) is 25.8 Å². The van der Waals surface area contributed by atoms with E-state index in [1.54, 1.807) is 31.5 Å². The number of fused-ring (bicyclic) bond motifs is 5. The Morgan fingerprint density at radius 1 is 1.19 bits per heavy atom. The standard InChI is InChI=1S/C41H49ClN4O7S/c1-26-5-3-7-37(47)34-11-8-29(34)18-46-24-41(14-4-6-27-15-31(42)10-12-35(27)41)25-53-38-13-9-28(17-36(38)46)39(48)43-54(50,23-26)44-40(49)30-16-32-21-52-33(22-51-2)20-45(32)19-30/h3,7,9-10,12-13,15-17,19,26,29,33-34,37,47H,4-6,8,11,14,18,20-25H2,1-2H3,(H,43,44,48,49,50)/b7-3-/t26-,29-,33+,34+,37-,41-,54?/m0/s1. The molecule has 54 heavy (non-hydrogen) atoms. The zero-order valence-electron chi connectivity index (χ0n) is 30.9. The van der Waals surface area contributed by atoms with Crippen LogP contribution in [0.2, 0.25) is 5.02 Å². The van der Waals surface area contributed by atoms with E-state index in [0.717, 1.165) is 48.5 Å². The van der Waals surface area contributed by atoms with Crippen LogP contribution in [0.15, 0.2) is 65.2 Å². The van der Waals surface area contributed by atoms with Gasteiger partial charge >= 0.3 is 0 Å². The maximum atomic E-state index is 14.7. The molecule has 1 unspecified atom stereocenters. The summed E-state index contributed by atoms with van der Waals surface area (Å²) in [5.41, 5.74) is 4.36. The molecule has 1 spiro atoms. The van der Waals surface area contributed by atoms with Crippen LogP contribution in [0.3, 0.4) is 0 Å². The minimum Gasteiger partial charge on any atom is -0.490 e. The van der Waals surface area contributed by atoms with Gasteiger partial charge in [-0.3, -0.25) is 14.3 Å². The van der Waals surface area contributed by atoms with Crippen LogP contribution < -0.4 is 14.4 Å². The number of rotatable bonds is 4. The summed E-state index contributed by atoms with van der Waals surface area (Å²) in [6.07, 6.45) is 10.1. The molecule has 2 aromatic carbocycles. The van der Waals surface area contributed by atoms with Crippen molar-refractivity contribution in [3.8, 4) is 5.75 Å². The van der Waals surface area contributed by atoms with E-state index in [0.29, 0.717) is 57.2 Å². The van der Waals surface area contributed by atoms with Crippen molar-refractivity contribution >= 4 is 39.0 Å². The van der Waals surface area contributed by atoms with E-state index < -0.39 is 27.8 Å². The van der Waals surface area contributed by atoms with Crippen LogP contribution in [0.4, 0.5) is 5.69 Å². The highest BCUT2D eigenvalue weighted by Gasteiger charge is 2.44. The Balaban J connectivity index is 1.15. The highest BCUT2D eigenvalue weighted by atomic mass is 35.5. The number of aryl methyl sites for hydroxylation is 1. The van der Waals surface area contributed by atoms with Crippen molar-refractivity contribution in [1.82, 2.24) is 9.29 Å². The Morgan fingerprint density at radius 3 is 2.87 bits per heavy atom. The minimum absolute atomic E-state index is 0.0460. The lowest BCUT2D eigenvalue weighted by molar-refractivity contribution is -0.0382. The van der Waals surface area contributed by atoms with E-state index in [2.05, 4.69) is 26.1 Å². The van der Waals surface area contributed by atoms with Crippen molar-refractivity contribution in [2.75, 3.05) is 44.1 Å². The lowest BCUT2D eigenvalue weighted by Gasteiger charge is -2.45. The molecule has 7 atom stereocenters. The first-order valence-corrected chi connectivity index (χ1v) is 21.1. The molecule has 2 aliphatic carbocycles. The summed E-state index contributed by atoms with van der Waals surface area (Å²) in [6.45, 7) is 5.00. The van der Waals surface area contributed by atoms with Crippen LogP contribution >= 0.6 is 11.6 Å². The zero-order valence-corrected chi connectivity index (χ0v) is 32.4. The third-order valence-electron chi connectivity index (χ3n) is 12.0. The average Bonchev–Trinajstić information content (AvgIpc) is 3.49. The number of allylic oxidation sites excluding steroid dienone is 1. The number of nitrogens with zero attached hydrogens (tertiary/aromatic N) is 3. The molecule has 0 radical (unpaired) electrons. The van der Waals surface area contributed by atoms with Gasteiger partial charge in [0.1, 0.15) is 15.7 Å². The molecule has 5 aliphatic rings. The first-order valence-electron chi connectivity index (χ1n) is 19.1. The quantitative estimate of drug-likeness (QED) is 0.305. The molecule has 8 rings (SSSR count). The summed E-state index contributed by atoms with van der Waals surface area (Å²) >= 11 is 6.45. The smallest absolute Gasteiger partial charge is 0.286 e. The number of anilines is 1. The van der Waals surface area contributed by atoms with Crippen molar-refractivity contribution in [3.05, 3.63) is 93.8 Å². The van der Waals surface area contributed by atoms with Gasteiger partial charge in [0.15, 0.2) is 0 Å². The number of benzene rings is 2. The number of methoxy groups -OCH3 is 1. The van der Waals surface area contributed by atoms with Crippen LogP contribution in [0.25, 0.3) is 0 Å². The number of carbonyl (C=O) groups is 2. The fourth-order valence-corrected chi connectivity index (χ4v) is 11.2. The molecule has 11 nitrogen and oxygen atoms in total. The Hall–Kier alpha value is -3.68. The monoisotopic (exact) mass is 776 g/mol. The molecule has 2 N–H and O–H groups in total. The second-order valence-corrected chi connectivity index (χ2v) is 18.4. The third kappa shape index (κ3) is 7.47. The lowest BCUT2D eigenvalue weighted by Crippen LogP contribution is -2.49. The number of halogens is 1. The molecule has 1 fully saturated rings. The van der Waals surface area contributed by atoms with Gasteiger partial charge < -0.3 is 28.8 Å². The number of hydrogen-bond donors (Lipinski definition) is 2. The summed E-state index contributed by atoms with van der Waals surface area (Å²) in [7, 11) is -1.98. The Bertz CT molecular complexity index is 2090. The van der Waals surface area contributed by atoms with Crippen molar-refractivity contribution < 1.29 is 33.1 Å². The zero-order chi connectivity index (χ0) is 37.6. The molecule has 0 saturated heterocycles. The van der Waals surface area contributed by atoms with Crippen LogP contribution in [0, 0.1) is 17.8 Å². The van der Waals surface area contributed by atoms with Crippen LogP contribution in [0.1, 0.15) is 76.6 Å². The predicted octanol–water partition coefficient (Wildman–Crippen LogP) is 6.10. The number of aliphatic hydroxyl groups is 1. The fourth-order valence-electron chi connectivity index (χ4n) is 9.07. The second kappa shape index (κ2) is 15.1. The summed E-state index contributed by atoms with van der Waals surface area (Å²) < 4.78 is 41.3. The predicted molar refractivity (Wildman–Crippen MR) is 207 cm³/mol. The first-order chi connectivity index (χ1) is 26.0. The number of carbonyl (C=O) groups excluding carboxylic acids is 2. The molecule has 4 heterocycles. The van der Waals surface area contributed by atoms with Gasteiger partial charge in [-0.2, -0.15) is 0 Å². The topological polar surface area (TPSA) is 132 Å². The maximum absolute atomic E-state index is 14.7. The van der Waals surface area contributed by atoms with Gasteiger partial charge in [-0.15, -0.1) is 4.36 Å². The van der Waals surface area contributed by atoms with Gasteiger partial charge in [0.05, 0.1) is 55.6 Å². The minimum atomic E-state index is -3.59. The molecule has 3 aliphatic heterocycles. The van der Waals surface area contributed by atoms with Crippen LogP contribution in [-0.2, 0) is 44.4 Å². The molecule has 2 amide bonds. The normalized spacial score (nSPS) is 31.4. The molecular weight excluding hydrogens is 728 g/mol. The number of nitrogens with one attached hydrogen (secondary N) is 1. The summed E-state index contributed by atoms with van der Waals surface area (Å²) in [5, 5.41) is 12.1. The van der Waals surface area contributed by atoms with Gasteiger partial charge in [-0.25, -0.2) is 4.21 Å². The first kappa shape index (κ1) is 37.3. The number of aromatic nitrogens is 1. The maximum Gasteiger partial charge on any atom is 0.286 e. The molecule has 1 aromatic heterocycles. The highest BCUT2D eigenvalue weighted by Crippen LogP contribution is 2.47. The van der Waals surface area contributed by atoms with E-state index in [1.807, 2.05) is 35.8 Å². The van der Waals surface area contributed by atoms with Crippen molar-refractivity contribution in [2.24, 2.45) is 22.1 Å². The lowest BCUT2D eigenvalue weighted by atomic mass is 9.68. The van der Waals surface area contributed by atoms with Crippen LogP contribution in [0.5, 0.6) is 5.75 Å². The second-order valence-electron chi connectivity index (χ2n) is 15.9. The molecule has 3 aromatic rings. The largest absolute Gasteiger partial charge is 0.490 e. The SMILES string of the molecule is COC[C@H]1Cn2cc(C(=O)NS3(=O)=NC(=O)c4ccc5c(c4)N(C[C@@H]4CC[C@H]4[C@@H](O)/C=C\C[C@H](C)C3)C[C@@]3(CCCc4cc(Cl)ccc43)CO5)cc2CO1. The van der Waals surface area contributed by atoms with Gasteiger partial charge in [0.2, 0.25) is 0 Å². The molecule has 13 heteroatoms. The number of aliphatic hydroxyl groups excluding tert-OH is 1. The van der Waals surface area contributed by atoms with E-state index >= 15 is 0 Å². The van der Waals surface area contributed by atoms with E-state index in [-0.39, 0.29) is 40.6 Å². The number of ether oxygens (including phenoxy) is 3. The molecule has 288 valence electrons. The fraction of sp³-hybridized carbons (Fsp3) is 0.512.